The molecule has 3 aromatic carbocycles. The number of carbonyl (C=O) groups is 2. The van der Waals surface area contributed by atoms with Crippen LogP contribution in [0.15, 0.2) is 60.7 Å². The van der Waals surface area contributed by atoms with E-state index in [-0.39, 0.29) is 23.6 Å². The maximum Gasteiger partial charge on any atom is 0.337 e. The third-order valence-corrected chi connectivity index (χ3v) is 6.55. The van der Waals surface area contributed by atoms with Gasteiger partial charge in [0.05, 0.1) is 18.2 Å². The molecule has 0 saturated carbocycles. The first kappa shape index (κ1) is 21.1. The second kappa shape index (κ2) is 8.28. The Balaban J connectivity index is 1.49. The smallest absolute Gasteiger partial charge is 0.337 e. The summed E-state index contributed by atoms with van der Waals surface area (Å²) < 4.78 is 5.81. The summed E-state index contributed by atoms with van der Waals surface area (Å²) in [5, 5.41) is 12.9. The van der Waals surface area contributed by atoms with Crippen molar-refractivity contribution in [1.82, 2.24) is 4.90 Å². The molecule has 168 valence electrons. The van der Waals surface area contributed by atoms with E-state index in [1.54, 1.807) is 18.2 Å². The van der Waals surface area contributed by atoms with Gasteiger partial charge in [0.15, 0.2) is 0 Å². The van der Waals surface area contributed by atoms with E-state index in [1.807, 2.05) is 55.1 Å². The van der Waals surface area contributed by atoms with Crippen molar-refractivity contribution in [3.05, 3.63) is 94.0 Å². The summed E-state index contributed by atoms with van der Waals surface area (Å²) >= 11 is 0. The van der Waals surface area contributed by atoms with E-state index < -0.39 is 5.97 Å². The lowest BCUT2D eigenvalue weighted by atomic mass is 9.95. The molecule has 0 saturated heterocycles. The molecule has 2 aliphatic rings. The van der Waals surface area contributed by atoms with Gasteiger partial charge >= 0.3 is 5.97 Å². The first-order chi connectivity index (χ1) is 15.9. The highest BCUT2D eigenvalue weighted by Crippen LogP contribution is 2.42. The van der Waals surface area contributed by atoms with Crippen molar-refractivity contribution in [2.24, 2.45) is 0 Å². The van der Waals surface area contributed by atoms with Crippen molar-refractivity contribution < 1.29 is 19.4 Å². The number of nitrogens with zero attached hydrogens (tertiary/aromatic N) is 1. The van der Waals surface area contributed by atoms with Crippen molar-refractivity contribution in [3.63, 3.8) is 0 Å². The summed E-state index contributed by atoms with van der Waals surface area (Å²) in [4.78, 5) is 27.1. The van der Waals surface area contributed by atoms with Gasteiger partial charge in [-0.3, -0.25) is 4.79 Å². The predicted molar refractivity (Wildman–Crippen MR) is 126 cm³/mol. The topological polar surface area (TPSA) is 78.9 Å². The van der Waals surface area contributed by atoms with Gasteiger partial charge in [-0.05, 0) is 54.8 Å². The number of carbonyl (C=O) groups excluding carboxylic acids is 1. The van der Waals surface area contributed by atoms with Gasteiger partial charge < -0.3 is 20.1 Å². The molecule has 6 nitrogen and oxygen atoms in total. The van der Waals surface area contributed by atoms with Crippen LogP contribution >= 0.6 is 0 Å². The number of rotatable bonds is 5. The average Bonchev–Trinajstić information content (AvgIpc) is 3.14. The van der Waals surface area contributed by atoms with Gasteiger partial charge in [0.1, 0.15) is 5.75 Å². The molecule has 0 fully saturated rings. The highest BCUT2D eigenvalue weighted by atomic mass is 16.5. The lowest BCUT2D eigenvalue weighted by molar-refractivity contribution is 0.0646. The molecule has 2 unspecified atom stereocenters. The fourth-order valence-electron chi connectivity index (χ4n) is 5.00. The van der Waals surface area contributed by atoms with Gasteiger partial charge in [-0.1, -0.05) is 36.4 Å². The number of aromatic carboxylic acids is 1. The van der Waals surface area contributed by atoms with Crippen molar-refractivity contribution in [2.45, 2.75) is 38.9 Å². The number of fused-ring (bicyclic) bond motifs is 2. The second-order valence-corrected chi connectivity index (χ2v) is 8.72. The fourth-order valence-corrected chi connectivity index (χ4v) is 5.00. The van der Waals surface area contributed by atoms with E-state index in [0.717, 1.165) is 40.0 Å². The number of benzene rings is 3. The predicted octanol–water partition coefficient (Wildman–Crippen LogP) is 5.35. The van der Waals surface area contributed by atoms with Crippen molar-refractivity contribution in [1.29, 1.82) is 0 Å². The van der Waals surface area contributed by atoms with E-state index in [0.29, 0.717) is 18.8 Å². The molecule has 0 aromatic heterocycles. The molecule has 5 rings (SSSR count). The van der Waals surface area contributed by atoms with Gasteiger partial charge in [-0.15, -0.1) is 0 Å². The molecular formula is C27H26N2O4. The number of aryl methyl sites for hydroxylation is 1. The summed E-state index contributed by atoms with van der Waals surface area (Å²) in [6.07, 6.45) is 0.755. The number of hydrogen-bond acceptors (Lipinski definition) is 4. The molecule has 0 radical (unpaired) electrons. The zero-order chi connectivity index (χ0) is 23.1. The Hall–Kier alpha value is -3.80. The van der Waals surface area contributed by atoms with E-state index in [9.17, 15) is 14.7 Å². The van der Waals surface area contributed by atoms with Crippen LogP contribution in [-0.4, -0.2) is 28.5 Å². The van der Waals surface area contributed by atoms with Gasteiger partial charge in [0.25, 0.3) is 5.91 Å². The van der Waals surface area contributed by atoms with Crippen LogP contribution in [0, 0.1) is 6.92 Å². The van der Waals surface area contributed by atoms with Crippen LogP contribution in [0.3, 0.4) is 0 Å². The van der Waals surface area contributed by atoms with Crippen molar-refractivity contribution in [3.8, 4) is 5.75 Å². The molecule has 0 bridgehead atoms. The number of ether oxygens (including phenoxy) is 1. The van der Waals surface area contributed by atoms with Crippen LogP contribution in [0.4, 0.5) is 5.69 Å². The monoisotopic (exact) mass is 442 g/mol. The highest BCUT2D eigenvalue weighted by Gasteiger charge is 2.38. The molecular weight excluding hydrogens is 416 g/mol. The molecule has 6 heteroatoms. The Bertz CT molecular complexity index is 1250. The molecule has 0 aliphatic carbocycles. The normalized spacial score (nSPS) is 17.7. The SMILES string of the molecule is Cc1cc2c(c(C(C)Nc3ccccc3C(=O)O)c1)CN(C1CCOc3ccccc31)C2=O. The molecule has 3 aromatic rings. The van der Waals surface area contributed by atoms with Crippen LogP contribution in [-0.2, 0) is 6.54 Å². The van der Waals surface area contributed by atoms with E-state index in [4.69, 9.17) is 4.74 Å². The maximum atomic E-state index is 13.5. The number of hydrogen-bond donors (Lipinski definition) is 2. The minimum Gasteiger partial charge on any atom is -0.493 e. The summed E-state index contributed by atoms with van der Waals surface area (Å²) in [5.41, 5.74) is 5.59. The minimum atomic E-state index is -0.973. The fraction of sp³-hybridized carbons (Fsp3) is 0.259. The average molecular weight is 443 g/mol. The molecule has 1 amide bonds. The third-order valence-electron chi connectivity index (χ3n) is 6.55. The number of nitrogens with one attached hydrogen (secondary N) is 1. The molecule has 0 spiro atoms. The summed E-state index contributed by atoms with van der Waals surface area (Å²) in [7, 11) is 0. The lowest BCUT2D eigenvalue weighted by Gasteiger charge is -2.33. The summed E-state index contributed by atoms with van der Waals surface area (Å²) in [6.45, 7) is 5.10. The molecule has 2 aliphatic heterocycles. The first-order valence-electron chi connectivity index (χ1n) is 11.2. The van der Waals surface area contributed by atoms with E-state index in [1.165, 1.54) is 0 Å². The quantitative estimate of drug-likeness (QED) is 0.557. The molecule has 2 atom stereocenters. The van der Waals surface area contributed by atoms with Crippen LogP contribution < -0.4 is 10.1 Å². The van der Waals surface area contributed by atoms with Crippen molar-refractivity contribution in [2.75, 3.05) is 11.9 Å². The van der Waals surface area contributed by atoms with Crippen molar-refractivity contribution >= 4 is 17.6 Å². The third kappa shape index (κ3) is 3.71. The summed E-state index contributed by atoms with van der Waals surface area (Å²) in [5.74, 6) is -0.0941. The van der Waals surface area contributed by atoms with E-state index >= 15 is 0 Å². The largest absolute Gasteiger partial charge is 0.493 e. The standard InChI is InChI=1S/C27H26N2O4/c1-16-13-20(17(2)28-23-9-5-3-7-18(23)27(31)32)22-15-29(26(30)21(22)14-16)24-11-12-33-25-10-6-4-8-19(24)25/h3-10,13-14,17,24,28H,11-12,15H2,1-2H3,(H,31,32). The Morgan fingerprint density at radius 3 is 2.73 bits per heavy atom. The van der Waals surface area contributed by atoms with Crippen LogP contribution in [0.5, 0.6) is 5.75 Å². The molecule has 2 N–H and O–H groups in total. The summed E-state index contributed by atoms with van der Waals surface area (Å²) in [6, 6.07) is 18.7. The van der Waals surface area contributed by atoms with Gasteiger partial charge in [-0.2, -0.15) is 0 Å². The second-order valence-electron chi connectivity index (χ2n) is 8.72. The Morgan fingerprint density at radius 2 is 1.91 bits per heavy atom. The lowest BCUT2D eigenvalue weighted by Crippen LogP contribution is -2.32. The van der Waals surface area contributed by atoms with Crippen LogP contribution in [0.2, 0.25) is 0 Å². The maximum absolute atomic E-state index is 13.5. The number of carboxylic acids is 1. The van der Waals surface area contributed by atoms with Gasteiger partial charge in [0.2, 0.25) is 0 Å². The van der Waals surface area contributed by atoms with Crippen LogP contribution in [0.1, 0.15) is 68.4 Å². The van der Waals surface area contributed by atoms with Gasteiger partial charge in [0, 0.05) is 35.8 Å². The zero-order valence-corrected chi connectivity index (χ0v) is 18.7. The zero-order valence-electron chi connectivity index (χ0n) is 18.7. The van der Waals surface area contributed by atoms with Crippen LogP contribution in [0.25, 0.3) is 0 Å². The Morgan fingerprint density at radius 1 is 1.15 bits per heavy atom. The highest BCUT2D eigenvalue weighted by molar-refractivity contribution is 5.99. The Labute approximate surface area is 192 Å². The molecule has 33 heavy (non-hydrogen) atoms. The number of amides is 1. The van der Waals surface area contributed by atoms with Gasteiger partial charge in [-0.25, -0.2) is 4.79 Å². The minimum absolute atomic E-state index is 0.0287. The molecule has 2 heterocycles. The number of para-hydroxylation sites is 2. The van der Waals surface area contributed by atoms with E-state index in [2.05, 4.69) is 11.4 Å². The Kier molecular flexibility index (Phi) is 5.29. The number of carboxylic acid groups (broad SMARTS) is 1. The first-order valence-corrected chi connectivity index (χ1v) is 11.2. The number of anilines is 1.